The fraction of sp³-hybridized carbons (Fsp3) is 0.189. The number of hydrogen-bond acceptors (Lipinski definition) is 9. The van der Waals surface area contributed by atoms with Crippen molar-refractivity contribution in [1.29, 1.82) is 0 Å². The van der Waals surface area contributed by atoms with E-state index < -0.39 is 17.1 Å². The number of nitrogens with zero attached hydrogens (tertiary/aromatic N) is 1. The second-order valence-corrected chi connectivity index (χ2v) is 19.9. The maximum atomic E-state index is 12.4. The lowest BCUT2D eigenvalue weighted by atomic mass is 9.80. The van der Waals surface area contributed by atoms with Gasteiger partial charge < -0.3 is 20.7 Å². The van der Waals surface area contributed by atoms with E-state index in [0.29, 0.717) is 17.1 Å². The molecule has 12 heteroatoms. The quantitative estimate of drug-likeness (QED) is 0.0494. The fourth-order valence-corrected chi connectivity index (χ4v) is 10.1. The molecule has 0 aliphatic carbocycles. The lowest BCUT2D eigenvalue weighted by Crippen LogP contribution is -2.29. The Morgan fingerprint density at radius 3 is 1.68 bits per heavy atom. The number of aryl methyl sites for hydroxylation is 3. The topological polar surface area (TPSA) is 123 Å². The van der Waals surface area contributed by atoms with Crippen LogP contribution < -0.4 is 20.9 Å². The molecule has 1 atom stereocenters. The summed E-state index contributed by atoms with van der Waals surface area (Å²) in [6.07, 6.45) is 4.52. The van der Waals surface area contributed by atoms with Gasteiger partial charge in [0.15, 0.2) is 0 Å². The molecule has 332 valence electrons. The standard InChI is InChI=1S/C23H23NS.C21H19N3O2S2.C9H13BO2/c1-3-6-17-9-11-18(12-10-17)16(2)19-13-14-23-21(15-19)24-20-7-4-5-8-22(20)25-23;1-14-7-10-17(11-8-14)28(25,26)24-23-15(2)16-9-12-21-19(13-16)22-18-5-3-4-6-20(18)27-21;1-2-3-8-4-6-9(7-5-8)10(11)12/h4-5,7-16,24H,3,6H2,1-2H3;3-13,22,24H,1-2H3;4-7,11-12H,2-3H2,1H3/b;23-15+;. The number of rotatable bonds is 11. The van der Waals surface area contributed by atoms with Crippen molar-refractivity contribution >= 4 is 74.6 Å². The average molecular weight is 919 g/mol. The first kappa shape index (κ1) is 47.2. The number of nitrogens with one attached hydrogen (secondary N) is 3. The smallest absolute Gasteiger partial charge is 0.423 e. The van der Waals surface area contributed by atoms with Crippen LogP contribution >= 0.6 is 23.5 Å². The lowest BCUT2D eigenvalue weighted by Gasteiger charge is -2.22. The molecular formula is C53H55BN4O4S3. The molecule has 2 aliphatic rings. The van der Waals surface area contributed by atoms with Gasteiger partial charge in [0.2, 0.25) is 0 Å². The minimum atomic E-state index is -3.69. The summed E-state index contributed by atoms with van der Waals surface area (Å²) in [4.78, 5) is 7.41. The SMILES string of the molecule is C/C(=N\NS(=O)(=O)c1ccc(C)cc1)c1ccc2c(c1)Nc1ccccc1S2.CCCc1ccc(B(O)O)cc1.CCCc1ccc(C(C)c2ccc3c(c2)Nc2ccccc2S3)cc1. The third-order valence-corrected chi connectivity index (χ3v) is 14.7. The number of fused-ring (bicyclic) bond motifs is 4. The number of hydrazone groups is 1. The van der Waals surface area contributed by atoms with Crippen molar-refractivity contribution in [1.82, 2.24) is 4.83 Å². The zero-order chi connectivity index (χ0) is 45.9. The maximum absolute atomic E-state index is 12.4. The van der Waals surface area contributed by atoms with Crippen LogP contribution in [0.25, 0.3) is 0 Å². The summed E-state index contributed by atoms with van der Waals surface area (Å²) in [5.41, 5.74) is 12.9. The van der Waals surface area contributed by atoms with Crippen LogP contribution in [0.2, 0.25) is 0 Å². The zero-order valence-corrected chi connectivity index (χ0v) is 39.8. The molecule has 0 bridgehead atoms. The van der Waals surface area contributed by atoms with Crippen LogP contribution in [0.1, 0.15) is 79.8 Å². The van der Waals surface area contributed by atoms with Gasteiger partial charge >= 0.3 is 7.12 Å². The van der Waals surface area contributed by atoms with Gasteiger partial charge in [0.05, 0.1) is 33.4 Å². The van der Waals surface area contributed by atoms with Crippen molar-refractivity contribution in [2.45, 2.75) is 90.7 Å². The molecule has 0 fully saturated rings. The maximum Gasteiger partial charge on any atom is 0.488 e. The van der Waals surface area contributed by atoms with Crippen LogP contribution in [0.15, 0.2) is 187 Å². The second kappa shape index (κ2) is 22.0. The van der Waals surface area contributed by atoms with Crippen LogP contribution in [0, 0.1) is 6.92 Å². The van der Waals surface area contributed by atoms with Crippen LogP contribution in [0.3, 0.4) is 0 Å². The van der Waals surface area contributed by atoms with E-state index in [9.17, 15) is 8.42 Å². The molecule has 0 spiro atoms. The molecule has 5 N–H and O–H groups in total. The molecule has 0 saturated carbocycles. The van der Waals surface area contributed by atoms with Crippen LogP contribution in [-0.2, 0) is 22.9 Å². The van der Waals surface area contributed by atoms with Crippen LogP contribution in [0.5, 0.6) is 0 Å². The summed E-state index contributed by atoms with van der Waals surface area (Å²) in [6, 6.07) is 52.5. The van der Waals surface area contributed by atoms with Gasteiger partial charge in [0.25, 0.3) is 10.0 Å². The van der Waals surface area contributed by atoms with Gasteiger partial charge in [-0.15, -0.1) is 0 Å². The molecule has 8 nitrogen and oxygen atoms in total. The van der Waals surface area contributed by atoms with Gasteiger partial charge in [-0.05, 0) is 121 Å². The van der Waals surface area contributed by atoms with E-state index in [1.54, 1.807) is 55.1 Å². The molecule has 0 amide bonds. The zero-order valence-electron chi connectivity index (χ0n) is 37.4. The number of hydrogen-bond donors (Lipinski definition) is 5. The molecule has 0 radical (unpaired) electrons. The van der Waals surface area contributed by atoms with Gasteiger partial charge in [0, 0.05) is 25.5 Å². The first-order valence-corrected chi connectivity index (χ1v) is 25.0. The lowest BCUT2D eigenvalue weighted by molar-refractivity contribution is 0.425. The Bertz CT molecular complexity index is 2850. The Labute approximate surface area is 393 Å². The molecule has 1 unspecified atom stereocenters. The van der Waals surface area contributed by atoms with Crippen molar-refractivity contribution in [2.75, 3.05) is 10.6 Å². The first-order chi connectivity index (χ1) is 31.4. The van der Waals surface area contributed by atoms with Crippen LogP contribution in [0.4, 0.5) is 22.7 Å². The molecule has 7 aromatic rings. The Hall–Kier alpha value is -5.76. The van der Waals surface area contributed by atoms with Crippen LogP contribution in [-0.4, -0.2) is 31.3 Å². The molecule has 9 rings (SSSR count). The average Bonchev–Trinajstić information content (AvgIpc) is 3.32. The van der Waals surface area contributed by atoms with Gasteiger partial charge in [-0.25, -0.2) is 0 Å². The van der Waals surface area contributed by atoms with E-state index in [0.717, 1.165) is 46.7 Å². The van der Waals surface area contributed by atoms with E-state index in [-0.39, 0.29) is 4.90 Å². The van der Waals surface area contributed by atoms with E-state index in [4.69, 9.17) is 10.0 Å². The summed E-state index contributed by atoms with van der Waals surface area (Å²) in [6.45, 7) is 10.3. The molecule has 2 aliphatic heterocycles. The summed E-state index contributed by atoms with van der Waals surface area (Å²) in [5, 5.41) is 28.7. The van der Waals surface area contributed by atoms with Crippen molar-refractivity contribution in [3.63, 3.8) is 0 Å². The molecule has 0 saturated heterocycles. The third-order valence-electron chi connectivity index (χ3n) is 11.2. The number of sulfonamides is 1. The minimum absolute atomic E-state index is 0.190. The largest absolute Gasteiger partial charge is 0.488 e. The fourth-order valence-electron chi connectivity index (χ4n) is 7.35. The number of para-hydroxylation sites is 2. The van der Waals surface area contributed by atoms with Crippen molar-refractivity contribution in [3.05, 3.63) is 191 Å². The van der Waals surface area contributed by atoms with E-state index in [1.807, 2.05) is 67.2 Å². The number of anilines is 4. The van der Waals surface area contributed by atoms with E-state index in [2.05, 4.69) is 114 Å². The Morgan fingerprint density at radius 2 is 1.12 bits per heavy atom. The third kappa shape index (κ3) is 12.3. The van der Waals surface area contributed by atoms with E-state index in [1.165, 1.54) is 54.7 Å². The van der Waals surface area contributed by atoms with Gasteiger partial charge in [0.1, 0.15) is 0 Å². The Balaban J connectivity index is 0.000000157. The van der Waals surface area contributed by atoms with Gasteiger partial charge in [-0.1, -0.05) is 160 Å². The van der Waals surface area contributed by atoms with Gasteiger partial charge in [-0.3, -0.25) is 0 Å². The molecule has 0 aromatic heterocycles. The number of benzene rings is 7. The molecule has 7 aromatic carbocycles. The highest BCUT2D eigenvalue weighted by molar-refractivity contribution is 8.00. The highest BCUT2D eigenvalue weighted by atomic mass is 32.2. The molecular weight excluding hydrogens is 864 g/mol. The minimum Gasteiger partial charge on any atom is -0.423 e. The summed E-state index contributed by atoms with van der Waals surface area (Å²) >= 11 is 3.55. The second-order valence-electron chi connectivity index (χ2n) is 16.1. The van der Waals surface area contributed by atoms with Crippen molar-refractivity contribution < 1.29 is 18.5 Å². The Kier molecular flexibility index (Phi) is 15.9. The monoisotopic (exact) mass is 918 g/mol. The molecule has 65 heavy (non-hydrogen) atoms. The van der Waals surface area contributed by atoms with Crippen molar-refractivity contribution in [3.8, 4) is 0 Å². The van der Waals surface area contributed by atoms with Gasteiger partial charge in [-0.2, -0.15) is 18.4 Å². The van der Waals surface area contributed by atoms with E-state index >= 15 is 0 Å². The predicted octanol–water partition coefficient (Wildman–Crippen LogP) is 12.2. The highest BCUT2D eigenvalue weighted by Gasteiger charge is 2.19. The summed E-state index contributed by atoms with van der Waals surface area (Å²) < 4.78 is 24.8. The normalized spacial score (nSPS) is 12.8. The first-order valence-electron chi connectivity index (χ1n) is 21.9. The highest BCUT2D eigenvalue weighted by Crippen LogP contribution is 2.46. The predicted molar refractivity (Wildman–Crippen MR) is 273 cm³/mol. The molecule has 2 heterocycles. The summed E-state index contributed by atoms with van der Waals surface area (Å²) in [7, 11) is -5.04. The summed E-state index contributed by atoms with van der Waals surface area (Å²) in [5.74, 6) is 0.393. The Morgan fingerprint density at radius 1 is 0.631 bits per heavy atom. The van der Waals surface area contributed by atoms with Crippen molar-refractivity contribution in [2.24, 2.45) is 5.10 Å².